The molecular formula is C10H14ClN3O. The zero-order valence-corrected chi connectivity index (χ0v) is 9.20. The number of nitrogens with two attached hydrogens (primary N) is 1. The van der Waals surface area contributed by atoms with Crippen LogP contribution >= 0.6 is 11.6 Å². The molecule has 1 fully saturated rings. The standard InChI is InChI=1S/C10H14ClN3O/c11-8-9(12)13-6-14-10(8)15-5-4-7-2-1-3-7/h6-7H,1-5H2,(H2,12,13,14). The number of aromatic nitrogens is 2. The highest BCUT2D eigenvalue weighted by Gasteiger charge is 2.17. The molecule has 0 spiro atoms. The second-order valence-electron chi connectivity index (χ2n) is 3.81. The summed E-state index contributed by atoms with van der Waals surface area (Å²) in [7, 11) is 0. The SMILES string of the molecule is Nc1ncnc(OCCC2CCC2)c1Cl. The molecule has 1 heterocycles. The van der Waals surface area contributed by atoms with Gasteiger partial charge in [-0.1, -0.05) is 30.9 Å². The van der Waals surface area contributed by atoms with Crippen LogP contribution in [0.5, 0.6) is 5.88 Å². The Kier molecular flexibility index (Phi) is 3.26. The van der Waals surface area contributed by atoms with E-state index in [0.717, 1.165) is 12.3 Å². The zero-order chi connectivity index (χ0) is 10.7. The summed E-state index contributed by atoms with van der Waals surface area (Å²) < 4.78 is 5.46. The molecule has 5 heteroatoms. The summed E-state index contributed by atoms with van der Waals surface area (Å²) in [6, 6.07) is 0. The molecule has 0 radical (unpaired) electrons. The molecule has 2 rings (SSSR count). The first kappa shape index (κ1) is 10.5. The summed E-state index contributed by atoms with van der Waals surface area (Å²) in [4.78, 5) is 7.70. The third-order valence-electron chi connectivity index (χ3n) is 2.77. The van der Waals surface area contributed by atoms with Crippen LogP contribution in [0.4, 0.5) is 5.82 Å². The minimum atomic E-state index is 0.269. The van der Waals surface area contributed by atoms with Crippen molar-refractivity contribution in [3.8, 4) is 5.88 Å². The molecule has 1 aliphatic rings. The number of nitrogen functional groups attached to an aromatic ring is 1. The van der Waals surface area contributed by atoms with Crippen molar-refractivity contribution in [3.05, 3.63) is 11.3 Å². The van der Waals surface area contributed by atoms with Gasteiger partial charge in [0.2, 0.25) is 5.88 Å². The van der Waals surface area contributed by atoms with Crippen LogP contribution in [0.3, 0.4) is 0 Å². The van der Waals surface area contributed by atoms with Gasteiger partial charge >= 0.3 is 0 Å². The topological polar surface area (TPSA) is 61.0 Å². The van der Waals surface area contributed by atoms with Crippen LogP contribution in [0, 0.1) is 5.92 Å². The fourth-order valence-electron chi connectivity index (χ4n) is 1.57. The molecule has 1 saturated carbocycles. The molecule has 0 saturated heterocycles. The summed E-state index contributed by atoms with van der Waals surface area (Å²) in [6.07, 6.45) is 6.43. The third kappa shape index (κ3) is 2.50. The van der Waals surface area contributed by atoms with Crippen molar-refractivity contribution in [2.75, 3.05) is 12.3 Å². The van der Waals surface area contributed by atoms with Crippen molar-refractivity contribution in [2.45, 2.75) is 25.7 Å². The van der Waals surface area contributed by atoms with Crippen LogP contribution in [0.2, 0.25) is 5.02 Å². The van der Waals surface area contributed by atoms with E-state index in [0.29, 0.717) is 17.5 Å². The molecule has 15 heavy (non-hydrogen) atoms. The van der Waals surface area contributed by atoms with Crippen LogP contribution in [0.1, 0.15) is 25.7 Å². The normalized spacial score (nSPS) is 16.1. The van der Waals surface area contributed by atoms with Crippen LogP contribution in [-0.2, 0) is 0 Å². The molecule has 0 bridgehead atoms. The average Bonchev–Trinajstić information content (AvgIpc) is 2.16. The van der Waals surface area contributed by atoms with E-state index in [1.807, 2.05) is 0 Å². The van der Waals surface area contributed by atoms with Crippen LogP contribution in [0.15, 0.2) is 6.33 Å². The largest absolute Gasteiger partial charge is 0.476 e. The van der Waals surface area contributed by atoms with Gasteiger partial charge in [-0.15, -0.1) is 0 Å². The second-order valence-corrected chi connectivity index (χ2v) is 4.19. The highest BCUT2D eigenvalue weighted by Crippen LogP contribution is 2.30. The summed E-state index contributed by atoms with van der Waals surface area (Å²) in [5.74, 6) is 1.48. The number of hydrogen-bond acceptors (Lipinski definition) is 4. The Morgan fingerprint density at radius 3 is 2.93 bits per heavy atom. The van der Waals surface area contributed by atoms with E-state index < -0.39 is 0 Å². The molecule has 2 N–H and O–H groups in total. The van der Waals surface area contributed by atoms with Gasteiger partial charge in [0.25, 0.3) is 0 Å². The van der Waals surface area contributed by atoms with E-state index in [1.54, 1.807) is 0 Å². The predicted molar refractivity (Wildman–Crippen MR) is 58.9 cm³/mol. The van der Waals surface area contributed by atoms with E-state index in [9.17, 15) is 0 Å². The highest BCUT2D eigenvalue weighted by molar-refractivity contribution is 6.33. The quantitative estimate of drug-likeness (QED) is 0.857. The van der Waals surface area contributed by atoms with Gasteiger partial charge in [0, 0.05) is 0 Å². The van der Waals surface area contributed by atoms with Crippen LogP contribution in [0.25, 0.3) is 0 Å². The fourth-order valence-corrected chi connectivity index (χ4v) is 1.72. The minimum absolute atomic E-state index is 0.269. The summed E-state index contributed by atoms with van der Waals surface area (Å²) in [5, 5.41) is 0.311. The van der Waals surface area contributed by atoms with Crippen molar-refractivity contribution in [1.29, 1.82) is 0 Å². The Labute approximate surface area is 93.8 Å². The molecule has 0 aliphatic heterocycles. The number of halogens is 1. The van der Waals surface area contributed by atoms with Crippen molar-refractivity contribution in [1.82, 2.24) is 9.97 Å². The lowest BCUT2D eigenvalue weighted by molar-refractivity contribution is 0.217. The van der Waals surface area contributed by atoms with E-state index in [2.05, 4.69) is 9.97 Å². The number of anilines is 1. The van der Waals surface area contributed by atoms with Gasteiger partial charge < -0.3 is 10.5 Å². The first-order chi connectivity index (χ1) is 7.27. The van der Waals surface area contributed by atoms with Crippen LogP contribution < -0.4 is 10.5 Å². The Hall–Kier alpha value is -1.03. The van der Waals surface area contributed by atoms with Gasteiger partial charge in [-0.3, -0.25) is 0 Å². The summed E-state index contributed by atoms with van der Waals surface area (Å²) in [5.41, 5.74) is 5.53. The molecule has 0 aromatic carbocycles. The molecule has 4 nitrogen and oxygen atoms in total. The van der Waals surface area contributed by atoms with Gasteiger partial charge in [-0.25, -0.2) is 9.97 Å². The summed E-state index contributed by atoms with van der Waals surface area (Å²) in [6.45, 7) is 0.654. The molecular weight excluding hydrogens is 214 g/mol. The third-order valence-corrected chi connectivity index (χ3v) is 3.13. The molecule has 1 aromatic rings. The fraction of sp³-hybridized carbons (Fsp3) is 0.600. The van der Waals surface area contributed by atoms with E-state index in [4.69, 9.17) is 22.1 Å². The maximum atomic E-state index is 5.88. The molecule has 1 aromatic heterocycles. The lowest BCUT2D eigenvalue weighted by Crippen LogP contribution is -2.15. The Balaban J connectivity index is 1.84. The van der Waals surface area contributed by atoms with E-state index in [1.165, 1.54) is 25.6 Å². The minimum Gasteiger partial charge on any atom is -0.476 e. The maximum Gasteiger partial charge on any atom is 0.237 e. The van der Waals surface area contributed by atoms with Gasteiger partial charge in [0.05, 0.1) is 6.61 Å². The number of hydrogen-bond donors (Lipinski definition) is 1. The van der Waals surface area contributed by atoms with E-state index in [-0.39, 0.29) is 5.82 Å². The molecule has 82 valence electrons. The zero-order valence-electron chi connectivity index (χ0n) is 8.45. The van der Waals surface area contributed by atoms with Gasteiger partial charge in [0.15, 0.2) is 0 Å². The van der Waals surface area contributed by atoms with Gasteiger partial charge in [-0.2, -0.15) is 0 Å². The monoisotopic (exact) mass is 227 g/mol. The summed E-state index contributed by atoms with van der Waals surface area (Å²) >= 11 is 5.88. The first-order valence-corrected chi connectivity index (χ1v) is 5.54. The maximum absolute atomic E-state index is 5.88. The second kappa shape index (κ2) is 4.66. The van der Waals surface area contributed by atoms with Gasteiger partial charge in [-0.05, 0) is 12.3 Å². The predicted octanol–water partition coefficient (Wildman–Crippen LogP) is 2.28. The highest BCUT2D eigenvalue weighted by atomic mass is 35.5. The molecule has 1 aliphatic carbocycles. The van der Waals surface area contributed by atoms with Crippen molar-refractivity contribution in [2.24, 2.45) is 5.92 Å². The van der Waals surface area contributed by atoms with Crippen molar-refractivity contribution < 1.29 is 4.74 Å². The number of nitrogens with zero attached hydrogens (tertiary/aromatic N) is 2. The number of ether oxygens (including phenoxy) is 1. The smallest absolute Gasteiger partial charge is 0.237 e. The molecule has 0 amide bonds. The average molecular weight is 228 g/mol. The van der Waals surface area contributed by atoms with E-state index >= 15 is 0 Å². The lowest BCUT2D eigenvalue weighted by Gasteiger charge is -2.24. The Morgan fingerprint density at radius 1 is 1.47 bits per heavy atom. The van der Waals surface area contributed by atoms with Crippen molar-refractivity contribution >= 4 is 17.4 Å². The Bertz CT molecular complexity index is 341. The van der Waals surface area contributed by atoms with Crippen LogP contribution in [-0.4, -0.2) is 16.6 Å². The first-order valence-electron chi connectivity index (χ1n) is 5.16. The lowest BCUT2D eigenvalue weighted by atomic mass is 9.83. The van der Waals surface area contributed by atoms with Crippen molar-refractivity contribution in [3.63, 3.8) is 0 Å². The number of rotatable bonds is 4. The van der Waals surface area contributed by atoms with Gasteiger partial charge in [0.1, 0.15) is 17.2 Å². The molecule has 0 unspecified atom stereocenters. The molecule has 0 atom stereocenters. The Morgan fingerprint density at radius 2 is 2.27 bits per heavy atom.